The third-order valence-electron chi connectivity index (χ3n) is 8.67. The monoisotopic (exact) mass is 580 g/mol. The maximum Gasteiger partial charge on any atom is 0.229 e. The van der Waals surface area contributed by atoms with Crippen molar-refractivity contribution in [2.45, 2.75) is 66.0 Å². The van der Waals surface area contributed by atoms with E-state index in [1.54, 1.807) is 10.9 Å². The molecule has 6 rings (SSSR count). The van der Waals surface area contributed by atoms with Crippen LogP contribution in [-0.4, -0.2) is 57.9 Å². The zero-order valence-electron chi connectivity index (χ0n) is 25.6. The number of rotatable bonds is 9. The molecule has 2 aromatic heterocycles. The number of ether oxygens (including phenoxy) is 3. The summed E-state index contributed by atoms with van der Waals surface area (Å²) < 4.78 is 19.7. The molecule has 0 unspecified atom stereocenters. The number of Topliss-reactive ketones (excluding diaryl/α,β-unsaturated/α-hetero) is 1. The van der Waals surface area contributed by atoms with E-state index < -0.39 is 0 Å². The van der Waals surface area contributed by atoms with Crippen molar-refractivity contribution in [2.75, 3.05) is 26.4 Å². The van der Waals surface area contributed by atoms with Crippen molar-refractivity contribution in [3.63, 3.8) is 0 Å². The summed E-state index contributed by atoms with van der Waals surface area (Å²) in [5, 5.41) is 4.43. The van der Waals surface area contributed by atoms with Gasteiger partial charge in [0.15, 0.2) is 11.6 Å². The normalized spacial score (nSPS) is 18.4. The fourth-order valence-corrected chi connectivity index (χ4v) is 6.20. The SMILES string of the molecule is CCOc1c(C(C)=O)cnn1-c1cccc(C2=CCCC(C)=C2OCc2ccc3c(c2C)CCN([C@H]2CCOC2)C=C3)n1. The number of ketones is 1. The Balaban J connectivity index is 1.22. The van der Waals surface area contributed by atoms with Crippen molar-refractivity contribution in [3.8, 4) is 11.7 Å². The predicted molar refractivity (Wildman–Crippen MR) is 167 cm³/mol. The average Bonchev–Trinajstić information content (AvgIpc) is 3.64. The molecule has 2 aliphatic heterocycles. The minimum absolute atomic E-state index is 0.0973. The molecule has 3 aliphatic rings. The first kappa shape index (κ1) is 28.9. The van der Waals surface area contributed by atoms with E-state index in [2.05, 4.69) is 54.3 Å². The quantitative estimate of drug-likeness (QED) is 0.269. The van der Waals surface area contributed by atoms with Gasteiger partial charge in [0.2, 0.25) is 5.88 Å². The van der Waals surface area contributed by atoms with Gasteiger partial charge >= 0.3 is 0 Å². The number of aromatic nitrogens is 3. The van der Waals surface area contributed by atoms with Crippen LogP contribution in [0.4, 0.5) is 0 Å². The lowest BCUT2D eigenvalue weighted by molar-refractivity contribution is 0.101. The van der Waals surface area contributed by atoms with Crippen LogP contribution in [-0.2, 0) is 22.5 Å². The van der Waals surface area contributed by atoms with Gasteiger partial charge in [-0.25, -0.2) is 4.98 Å². The highest BCUT2D eigenvalue weighted by atomic mass is 16.5. The van der Waals surface area contributed by atoms with Crippen molar-refractivity contribution in [1.82, 2.24) is 19.7 Å². The second-order valence-electron chi connectivity index (χ2n) is 11.4. The molecule has 1 fully saturated rings. The third kappa shape index (κ3) is 5.89. The molecule has 0 spiro atoms. The van der Waals surface area contributed by atoms with Gasteiger partial charge in [-0.05, 0) is 99.4 Å². The smallest absolute Gasteiger partial charge is 0.229 e. The fourth-order valence-electron chi connectivity index (χ4n) is 6.20. The van der Waals surface area contributed by atoms with Crippen LogP contribution in [0.25, 0.3) is 17.5 Å². The molecule has 0 bridgehead atoms. The fraction of sp³-hybridized carbons (Fsp3) is 0.400. The van der Waals surface area contributed by atoms with Gasteiger partial charge in [-0.1, -0.05) is 24.3 Å². The molecule has 1 aromatic carbocycles. The Labute approximate surface area is 253 Å². The Morgan fingerprint density at radius 3 is 2.81 bits per heavy atom. The summed E-state index contributed by atoms with van der Waals surface area (Å²) in [7, 11) is 0. The van der Waals surface area contributed by atoms with E-state index >= 15 is 0 Å². The first-order chi connectivity index (χ1) is 20.9. The van der Waals surface area contributed by atoms with Crippen molar-refractivity contribution in [3.05, 3.63) is 93.6 Å². The van der Waals surface area contributed by atoms with Crippen LogP contribution < -0.4 is 4.74 Å². The lowest BCUT2D eigenvalue weighted by Gasteiger charge is -2.25. The van der Waals surface area contributed by atoms with Crippen LogP contribution in [0.5, 0.6) is 5.88 Å². The van der Waals surface area contributed by atoms with Crippen LogP contribution in [0.15, 0.2) is 60.1 Å². The maximum atomic E-state index is 12.2. The Kier molecular flexibility index (Phi) is 8.47. The van der Waals surface area contributed by atoms with Crippen molar-refractivity contribution in [1.29, 1.82) is 0 Å². The van der Waals surface area contributed by atoms with Crippen LogP contribution in [0.2, 0.25) is 0 Å². The molecule has 3 aromatic rings. The maximum absolute atomic E-state index is 12.2. The highest BCUT2D eigenvalue weighted by molar-refractivity contribution is 5.96. The van der Waals surface area contributed by atoms with Crippen LogP contribution in [0.1, 0.15) is 78.3 Å². The largest absolute Gasteiger partial charge is 0.488 e. The zero-order chi connectivity index (χ0) is 29.9. The number of nitrogens with zero attached hydrogens (tertiary/aromatic N) is 4. The number of hydrogen-bond donors (Lipinski definition) is 0. The summed E-state index contributed by atoms with van der Waals surface area (Å²) in [5.41, 5.74) is 8.62. The Hall–Kier alpha value is -4.17. The number of pyridine rings is 1. The molecule has 1 saturated heterocycles. The molecule has 1 atom stereocenters. The molecule has 8 heteroatoms. The molecular formula is C35H40N4O4. The first-order valence-electron chi connectivity index (χ1n) is 15.3. The van der Waals surface area contributed by atoms with E-state index in [9.17, 15) is 4.79 Å². The highest BCUT2D eigenvalue weighted by Gasteiger charge is 2.24. The van der Waals surface area contributed by atoms with Crippen LogP contribution in [0, 0.1) is 6.92 Å². The summed E-state index contributed by atoms with van der Waals surface area (Å²) in [5.74, 6) is 1.78. The number of hydrogen-bond acceptors (Lipinski definition) is 7. The first-order valence-corrected chi connectivity index (χ1v) is 15.3. The third-order valence-corrected chi connectivity index (χ3v) is 8.67. The van der Waals surface area contributed by atoms with Crippen molar-refractivity contribution in [2.24, 2.45) is 0 Å². The Morgan fingerprint density at radius 2 is 2.02 bits per heavy atom. The van der Waals surface area contributed by atoms with E-state index in [4.69, 9.17) is 19.2 Å². The lowest BCUT2D eigenvalue weighted by Crippen LogP contribution is -2.32. The summed E-state index contributed by atoms with van der Waals surface area (Å²) in [6.07, 6.45) is 12.2. The van der Waals surface area contributed by atoms with Gasteiger partial charge < -0.3 is 19.1 Å². The number of fused-ring (bicyclic) bond motifs is 1. The summed E-state index contributed by atoms with van der Waals surface area (Å²) in [6, 6.07) is 10.7. The van der Waals surface area contributed by atoms with E-state index in [1.165, 1.54) is 34.8 Å². The van der Waals surface area contributed by atoms with Gasteiger partial charge in [0.1, 0.15) is 12.4 Å². The number of allylic oxidation sites excluding steroid dienone is 3. The van der Waals surface area contributed by atoms with Gasteiger partial charge in [-0.2, -0.15) is 9.78 Å². The van der Waals surface area contributed by atoms with Gasteiger partial charge in [-0.15, -0.1) is 0 Å². The molecule has 1 aliphatic carbocycles. The van der Waals surface area contributed by atoms with Crippen molar-refractivity contribution < 1.29 is 19.0 Å². The second kappa shape index (κ2) is 12.6. The standard InChI is InChI=1S/C35H40N4O4/c1-5-42-35-31(25(4)40)20-36-39(35)33-11-7-10-32(37-33)30-9-6-8-23(2)34(30)43-21-27-13-12-26-14-17-38(28-16-19-41-22-28)18-15-29(26)24(27)3/h7,9-14,17,20,28H,5-6,8,15-16,18-19,21-22H2,1-4H3/t28-/m0/s1. The van der Waals surface area contributed by atoms with Gasteiger partial charge in [0.05, 0.1) is 36.7 Å². The molecule has 8 nitrogen and oxygen atoms in total. The Morgan fingerprint density at radius 1 is 1.14 bits per heavy atom. The van der Waals surface area contributed by atoms with E-state index in [0.29, 0.717) is 36.5 Å². The number of benzene rings is 1. The Bertz CT molecular complexity index is 1610. The van der Waals surface area contributed by atoms with E-state index in [0.717, 1.165) is 62.5 Å². The minimum Gasteiger partial charge on any atom is -0.488 e. The van der Waals surface area contributed by atoms with Crippen LogP contribution >= 0.6 is 0 Å². The molecule has 4 heterocycles. The molecule has 0 amide bonds. The van der Waals surface area contributed by atoms with E-state index in [-0.39, 0.29) is 5.78 Å². The van der Waals surface area contributed by atoms with Gasteiger partial charge in [0.25, 0.3) is 0 Å². The van der Waals surface area contributed by atoms with Crippen LogP contribution in [0.3, 0.4) is 0 Å². The summed E-state index contributed by atoms with van der Waals surface area (Å²) in [4.78, 5) is 19.6. The summed E-state index contributed by atoms with van der Waals surface area (Å²) >= 11 is 0. The van der Waals surface area contributed by atoms with Gasteiger partial charge in [-0.3, -0.25) is 4.79 Å². The second-order valence-corrected chi connectivity index (χ2v) is 11.4. The predicted octanol–water partition coefficient (Wildman–Crippen LogP) is 6.46. The highest BCUT2D eigenvalue weighted by Crippen LogP contribution is 2.35. The van der Waals surface area contributed by atoms with E-state index in [1.807, 2.05) is 25.1 Å². The van der Waals surface area contributed by atoms with Gasteiger partial charge in [0, 0.05) is 24.9 Å². The minimum atomic E-state index is -0.0973. The molecular weight excluding hydrogens is 540 g/mol. The molecule has 0 N–H and O–H groups in total. The molecule has 224 valence electrons. The molecule has 0 radical (unpaired) electrons. The zero-order valence-corrected chi connectivity index (χ0v) is 25.6. The molecule has 0 saturated carbocycles. The average molecular weight is 581 g/mol. The molecule has 43 heavy (non-hydrogen) atoms. The lowest BCUT2D eigenvalue weighted by atomic mass is 9.94. The summed E-state index contributed by atoms with van der Waals surface area (Å²) in [6.45, 7) is 11.3. The van der Waals surface area contributed by atoms with Crippen molar-refractivity contribution >= 4 is 17.4 Å². The topological polar surface area (TPSA) is 78.7 Å². The number of carbonyl (C=O) groups is 1. The number of carbonyl (C=O) groups excluding carboxylic acids is 1.